The molecule has 3 nitrogen and oxygen atoms in total. The summed E-state index contributed by atoms with van der Waals surface area (Å²) in [6.45, 7) is 1.75. The van der Waals surface area contributed by atoms with Gasteiger partial charge in [0.1, 0.15) is 4.47 Å². The number of methoxy groups -OCH3 is 1. The third-order valence-electron chi connectivity index (χ3n) is 1.48. The summed E-state index contributed by atoms with van der Waals surface area (Å²) < 4.78 is 5.62. The predicted octanol–water partition coefficient (Wildman–Crippen LogP) is 1.81. The van der Waals surface area contributed by atoms with Gasteiger partial charge in [0.05, 0.1) is 18.4 Å². The summed E-state index contributed by atoms with van der Waals surface area (Å²) in [7, 11) is 1.54. The Morgan fingerprint density at radius 2 is 2.31 bits per heavy atom. The molecule has 1 heterocycles. The van der Waals surface area contributed by atoms with E-state index in [9.17, 15) is 0 Å². The van der Waals surface area contributed by atoms with Crippen LogP contribution in [-0.2, 0) is 0 Å². The molecule has 0 aliphatic rings. The van der Waals surface area contributed by atoms with Crippen molar-refractivity contribution in [2.45, 2.75) is 6.92 Å². The highest BCUT2D eigenvalue weighted by atomic mass is 79.9. The summed E-state index contributed by atoms with van der Waals surface area (Å²) in [6, 6.07) is 0. The monoisotopic (exact) mass is 240 g/mol. The molecule has 68 valence electrons. The number of hydrogen-bond acceptors (Lipinski definition) is 3. The number of hydrogen-bond donors (Lipinski definition) is 1. The summed E-state index contributed by atoms with van der Waals surface area (Å²) in [5.41, 5.74) is 7.04. The maximum absolute atomic E-state index is 5.78. The van der Waals surface area contributed by atoms with Gasteiger partial charge in [-0.15, -0.1) is 5.92 Å². The Labute approximate surface area is 85.4 Å². The molecule has 0 saturated carbocycles. The number of nitrogens with zero attached hydrogens (tertiary/aromatic N) is 1. The SMILES string of the molecule is CC#Cc1cnc(OC)c(Br)c1N. The van der Waals surface area contributed by atoms with E-state index in [0.29, 0.717) is 21.6 Å². The molecular formula is C9H9BrN2O. The normalized spacial score (nSPS) is 8.85. The minimum Gasteiger partial charge on any atom is -0.480 e. The highest BCUT2D eigenvalue weighted by molar-refractivity contribution is 9.10. The first-order valence-corrected chi connectivity index (χ1v) is 4.40. The Morgan fingerprint density at radius 1 is 1.62 bits per heavy atom. The van der Waals surface area contributed by atoms with Crippen LogP contribution in [0.25, 0.3) is 0 Å². The molecule has 0 fully saturated rings. The number of rotatable bonds is 1. The lowest BCUT2D eigenvalue weighted by molar-refractivity contribution is 0.395. The van der Waals surface area contributed by atoms with Gasteiger partial charge in [-0.3, -0.25) is 0 Å². The Balaban J connectivity index is 3.28. The van der Waals surface area contributed by atoms with Crippen LogP contribution in [0.5, 0.6) is 5.88 Å². The fraction of sp³-hybridized carbons (Fsp3) is 0.222. The first-order valence-electron chi connectivity index (χ1n) is 3.61. The molecule has 1 aromatic heterocycles. The second-order valence-corrected chi connectivity index (χ2v) is 3.08. The van der Waals surface area contributed by atoms with Crippen molar-refractivity contribution in [3.05, 3.63) is 16.2 Å². The standard InChI is InChI=1S/C9H9BrN2O/c1-3-4-6-5-12-9(13-2)7(10)8(6)11/h5H,1-2H3,(H2,11,12). The molecule has 4 heteroatoms. The molecule has 0 bridgehead atoms. The summed E-state index contributed by atoms with van der Waals surface area (Å²) in [5.74, 6) is 6.07. The fourth-order valence-electron chi connectivity index (χ4n) is 0.859. The van der Waals surface area contributed by atoms with Crippen molar-refractivity contribution in [3.63, 3.8) is 0 Å². The average Bonchev–Trinajstić information content (AvgIpc) is 2.14. The molecule has 0 amide bonds. The average molecular weight is 241 g/mol. The molecule has 0 spiro atoms. The molecule has 0 aromatic carbocycles. The van der Waals surface area contributed by atoms with Gasteiger partial charge >= 0.3 is 0 Å². The molecule has 2 N–H and O–H groups in total. The third-order valence-corrected chi connectivity index (χ3v) is 2.24. The van der Waals surface area contributed by atoms with E-state index < -0.39 is 0 Å². The van der Waals surface area contributed by atoms with Crippen molar-refractivity contribution in [1.82, 2.24) is 4.98 Å². The number of nitrogen functional groups attached to an aromatic ring is 1. The van der Waals surface area contributed by atoms with Crippen molar-refractivity contribution in [3.8, 4) is 17.7 Å². The van der Waals surface area contributed by atoms with E-state index in [1.54, 1.807) is 13.1 Å². The van der Waals surface area contributed by atoms with Crippen LogP contribution in [0.1, 0.15) is 12.5 Å². The van der Waals surface area contributed by atoms with Crippen LogP contribution in [0.15, 0.2) is 10.7 Å². The quantitative estimate of drug-likeness (QED) is 0.762. The largest absolute Gasteiger partial charge is 0.480 e. The highest BCUT2D eigenvalue weighted by Crippen LogP contribution is 2.30. The van der Waals surface area contributed by atoms with Crippen molar-refractivity contribution >= 4 is 21.6 Å². The summed E-state index contributed by atoms with van der Waals surface area (Å²) in [4.78, 5) is 4.02. The molecule has 0 radical (unpaired) electrons. The predicted molar refractivity (Wildman–Crippen MR) is 55.5 cm³/mol. The van der Waals surface area contributed by atoms with Gasteiger partial charge in [0.25, 0.3) is 0 Å². The minimum absolute atomic E-state index is 0.471. The maximum Gasteiger partial charge on any atom is 0.229 e. The van der Waals surface area contributed by atoms with Gasteiger partial charge in [-0.2, -0.15) is 0 Å². The minimum atomic E-state index is 0.471. The number of pyridine rings is 1. The van der Waals surface area contributed by atoms with Crippen LogP contribution < -0.4 is 10.5 Å². The topological polar surface area (TPSA) is 48.1 Å². The summed E-state index contributed by atoms with van der Waals surface area (Å²) in [6.07, 6.45) is 1.59. The molecule has 0 saturated heterocycles. The first-order chi connectivity index (χ1) is 6.20. The van der Waals surface area contributed by atoms with Crippen molar-refractivity contribution in [1.29, 1.82) is 0 Å². The lowest BCUT2D eigenvalue weighted by atomic mass is 10.2. The Bertz CT molecular complexity index is 379. The van der Waals surface area contributed by atoms with E-state index in [0.717, 1.165) is 0 Å². The second kappa shape index (κ2) is 4.15. The molecule has 0 aliphatic heterocycles. The molecule has 0 aliphatic carbocycles. The van der Waals surface area contributed by atoms with Crippen LogP contribution >= 0.6 is 15.9 Å². The zero-order valence-electron chi connectivity index (χ0n) is 7.39. The zero-order valence-corrected chi connectivity index (χ0v) is 8.97. The number of aromatic nitrogens is 1. The Kier molecular flexibility index (Phi) is 3.15. The van der Waals surface area contributed by atoms with Crippen LogP contribution in [0.4, 0.5) is 5.69 Å². The molecule has 0 unspecified atom stereocenters. The lowest BCUT2D eigenvalue weighted by Crippen LogP contribution is -1.97. The van der Waals surface area contributed by atoms with E-state index in [1.807, 2.05) is 0 Å². The number of anilines is 1. The number of halogens is 1. The van der Waals surface area contributed by atoms with E-state index in [1.165, 1.54) is 7.11 Å². The van der Waals surface area contributed by atoms with Gasteiger partial charge in [-0.05, 0) is 22.9 Å². The van der Waals surface area contributed by atoms with E-state index in [4.69, 9.17) is 10.5 Å². The van der Waals surface area contributed by atoms with Gasteiger partial charge in [-0.1, -0.05) is 5.92 Å². The van der Waals surface area contributed by atoms with Gasteiger partial charge < -0.3 is 10.5 Å². The summed E-state index contributed by atoms with van der Waals surface area (Å²) in [5, 5.41) is 0. The van der Waals surface area contributed by atoms with Gasteiger partial charge in [0.2, 0.25) is 5.88 Å². The molecule has 13 heavy (non-hydrogen) atoms. The highest BCUT2D eigenvalue weighted by Gasteiger charge is 2.08. The third kappa shape index (κ3) is 1.93. The fourth-order valence-corrected chi connectivity index (χ4v) is 1.34. The molecule has 0 atom stereocenters. The van der Waals surface area contributed by atoms with Gasteiger partial charge in [0.15, 0.2) is 0 Å². The van der Waals surface area contributed by atoms with E-state index >= 15 is 0 Å². The second-order valence-electron chi connectivity index (χ2n) is 2.28. The van der Waals surface area contributed by atoms with Crippen molar-refractivity contribution < 1.29 is 4.74 Å². The Hall–Kier alpha value is -1.21. The molecule has 1 rings (SSSR count). The van der Waals surface area contributed by atoms with Gasteiger partial charge in [-0.25, -0.2) is 4.98 Å². The number of ether oxygens (including phenoxy) is 1. The summed E-state index contributed by atoms with van der Waals surface area (Å²) >= 11 is 3.28. The maximum atomic E-state index is 5.78. The van der Waals surface area contributed by atoms with E-state index in [2.05, 4.69) is 32.8 Å². The van der Waals surface area contributed by atoms with E-state index in [-0.39, 0.29) is 0 Å². The van der Waals surface area contributed by atoms with Crippen molar-refractivity contribution in [2.75, 3.05) is 12.8 Å². The van der Waals surface area contributed by atoms with Crippen LogP contribution in [-0.4, -0.2) is 12.1 Å². The van der Waals surface area contributed by atoms with Crippen LogP contribution in [0.3, 0.4) is 0 Å². The first kappa shape index (κ1) is 9.87. The van der Waals surface area contributed by atoms with Crippen LogP contribution in [0, 0.1) is 11.8 Å². The van der Waals surface area contributed by atoms with Crippen molar-refractivity contribution in [2.24, 2.45) is 0 Å². The molecular weight excluding hydrogens is 232 g/mol. The lowest BCUT2D eigenvalue weighted by Gasteiger charge is -2.05. The number of nitrogens with two attached hydrogens (primary N) is 1. The Morgan fingerprint density at radius 3 is 2.85 bits per heavy atom. The zero-order chi connectivity index (χ0) is 9.84. The molecule has 1 aromatic rings. The smallest absolute Gasteiger partial charge is 0.229 e. The van der Waals surface area contributed by atoms with Crippen LogP contribution in [0.2, 0.25) is 0 Å². The van der Waals surface area contributed by atoms with Gasteiger partial charge in [0, 0.05) is 6.20 Å².